The fourth-order valence-corrected chi connectivity index (χ4v) is 2.05. The Morgan fingerprint density at radius 1 is 1.33 bits per heavy atom. The van der Waals surface area contributed by atoms with Gasteiger partial charge in [-0.3, -0.25) is 20.2 Å². The van der Waals surface area contributed by atoms with Crippen LogP contribution in [0, 0.1) is 0 Å². The van der Waals surface area contributed by atoms with Crippen LogP contribution in [0.1, 0.15) is 12.0 Å². The van der Waals surface area contributed by atoms with Gasteiger partial charge in [0.25, 0.3) is 0 Å². The lowest BCUT2D eigenvalue weighted by atomic mass is 10.1. The standard InChI is InChI=1S/C13H16N2O3/c16-8-10(6-9-4-2-1-3-5-9)14-11-7-12(17)15-13(11)18/h1-5,10-11,14,16H,6-8H2,(H,15,17,18). The molecule has 0 bridgehead atoms. The van der Waals surface area contributed by atoms with Gasteiger partial charge in [-0.25, -0.2) is 0 Å². The SMILES string of the molecule is O=C1CC(NC(CO)Cc2ccccc2)C(=O)N1. The Labute approximate surface area is 105 Å². The minimum Gasteiger partial charge on any atom is -0.395 e. The Bertz CT molecular complexity index is 433. The molecule has 2 unspecified atom stereocenters. The number of hydrogen-bond acceptors (Lipinski definition) is 4. The van der Waals surface area contributed by atoms with Crippen LogP contribution in [0.2, 0.25) is 0 Å². The summed E-state index contributed by atoms with van der Waals surface area (Å²) in [5, 5.41) is 14.6. The molecule has 1 heterocycles. The molecule has 1 saturated heterocycles. The van der Waals surface area contributed by atoms with Crippen molar-refractivity contribution in [2.24, 2.45) is 0 Å². The van der Waals surface area contributed by atoms with Crippen LogP contribution in [0.15, 0.2) is 30.3 Å². The molecule has 5 heteroatoms. The Hall–Kier alpha value is -1.72. The van der Waals surface area contributed by atoms with E-state index in [9.17, 15) is 14.7 Å². The van der Waals surface area contributed by atoms with Crippen molar-refractivity contribution in [3.8, 4) is 0 Å². The zero-order valence-corrected chi connectivity index (χ0v) is 9.93. The second kappa shape index (κ2) is 5.75. The van der Waals surface area contributed by atoms with Crippen LogP contribution in [-0.4, -0.2) is 35.6 Å². The van der Waals surface area contributed by atoms with Gasteiger partial charge < -0.3 is 5.11 Å². The first-order valence-electron chi connectivity index (χ1n) is 5.93. The fourth-order valence-electron chi connectivity index (χ4n) is 2.05. The van der Waals surface area contributed by atoms with Crippen molar-refractivity contribution in [3.05, 3.63) is 35.9 Å². The van der Waals surface area contributed by atoms with Crippen molar-refractivity contribution in [1.82, 2.24) is 10.6 Å². The fraction of sp³-hybridized carbons (Fsp3) is 0.385. The lowest BCUT2D eigenvalue weighted by Gasteiger charge is -2.19. The topological polar surface area (TPSA) is 78.4 Å². The first kappa shape index (κ1) is 12.7. The van der Waals surface area contributed by atoms with Gasteiger partial charge in [-0.05, 0) is 12.0 Å². The van der Waals surface area contributed by atoms with Gasteiger partial charge in [0.2, 0.25) is 11.8 Å². The molecule has 0 aromatic heterocycles. The van der Waals surface area contributed by atoms with E-state index in [4.69, 9.17) is 0 Å². The van der Waals surface area contributed by atoms with Crippen molar-refractivity contribution in [2.75, 3.05) is 6.61 Å². The molecule has 0 saturated carbocycles. The quantitative estimate of drug-likeness (QED) is 0.619. The molecule has 0 spiro atoms. The van der Waals surface area contributed by atoms with E-state index in [0.717, 1.165) is 5.56 Å². The lowest BCUT2D eigenvalue weighted by Crippen LogP contribution is -2.45. The summed E-state index contributed by atoms with van der Waals surface area (Å²) in [5.74, 6) is -0.583. The summed E-state index contributed by atoms with van der Waals surface area (Å²) < 4.78 is 0. The highest BCUT2D eigenvalue weighted by atomic mass is 16.3. The highest BCUT2D eigenvalue weighted by molar-refractivity contribution is 6.05. The zero-order valence-electron chi connectivity index (χ0n) is 9.93. The van der Waals surface area contributed by atoms with E-state index in [-0.39, 0.29) is 30.9 Å². The molecule has 2 atom stereocenters. The van der Waals surface area contributed by atoms with Crippen molar-refractivity contribution in [2.45, 2.75) is 24.9 Å². The first-order valence-corrected chi connectivity index (χ1v) is 5.93. The van der Waals surface area contributed by atoms with Crippen molar-refractivity contribution < 1.29 is 14.7 Å². The van der Waals surface area contributed by atoms with Gasteiger partial charge in [-0.1, -0.05) is 30.3 Å². The van der Waals surface area contributed by atoms with Crippen LogP contribution < -0.4 is 10.6 Å². The Balaban J connectivity index is 1.94. The smallest absolute Gasteiger partial charge is 0.244 e. The molecule has 96 valence electrons. The largest absolute Gasteiger partial charge is 0.395 e. The molecule has 1 aliphatic rings. The summed E-state index contributed by atoms with van der Waals surface area (Å²) in [7, 11) is 0. The molecule has 1 aromatic rings. The number of carbonyl (C=O) groups excluding carboxylic acids is 2. The van der Waals surface area contributed by atoms with E-state index in [1.54, 1.807) is 0 Å². The molecule has 5 nitrogen and oxygen atoms in total. The molecule has 2 rings (SSSR count). The molecule has 3 N–H and O–H groups in total. The summed E-state index contributed by atoms with van der Waals surface area (Å²) in [4.78, 5) is 22.5. The molecule has 0 aliphatic carbocycles. The summed E-state index contributed by atoms with van der Waals surface area (Å²) in [6.45, 7) is -0.0765. The molecule has 2 amide bonds. The summed E-state index contributed by atoms with van der Waals surface area (Å²) in [6, 6.07) is 8.94. The number of hydrogen-bond donors (Lipinski definition) is 3. The lowest BCUT2D eigenvalue weighted by molar-refractivity contribution is -0.125. The second-order valence-electron chi connectivity index (χ2n) is 4.41. The van der Waals surface area contributed by atoms with Crippen molar-refractivity contribution >= 4 is 11.8 Å². The second-order valence-corrected chi connectivity index (χ2v) is 4.41. The van der Waals surface area contributed by atoms with Crippen LogP contribution in [0.5, 0.6) is 0 Å². The van der Waals surface area contributed by atoms with Crippen LogP contribution in [-0.2, 0) is 16.0 Å². The third kappa shape index (κ3) is 3.15. The van der Waals surface area contributed by atoms with Gasteiger partial charge >= 0.3 is 0 Å². The average molecular weight is 248 g/mol. The molecule has 18 heavy (non-hydrogen) atoms. The van der Waals surface area contributed by atoms with E-state index in [0.29, 0.717) is 6.42 Å². The van der Waals surface area contributed by atoms with E-state index in [1.165, 1.54) is 0 Å². The predicted octanol–water partition coefficient (Wildman–Crippen LogP) is -0.405. The maximum absolute atomic E-state index is 11.4. The number of nitrogens with one attached hydrogen (secondary N) is 2. The summed E-state index contributed by atoms with van der Waals surface area (Å²) >= 11 is 0. The van der Waals surface area contributed by atoms with Gasteiger partial charge in [0, 0.05) is 6.04 Å². The van der Waals surface area contributed by atoms with Gasteiger partial charge in [0.15, 0.2) is 0 Å². The van der Waals surface area contributed by atoms with Crippen molar-refractivity contribution in [3.63, 3.8) is 0 Å². The van der Waals surface area contributed by atoms with E-state index >= 15 is 0 Å². The van der Waals surface area contributed by atoms with Gasteiger partial charge in [-0.2, -0.15) is 0 Å². The van der Waals surface area contributed by atoms with E-state index in [2.05, 4.69) is 10.6 Å². The maximum atomic E-state index is 11.4. The Morgan fingerprint density at radius 3 is 2.61 bits per heavy atom. The number of benzene rings is 1. The van der Waals surface area contributed by atoms with Crippen LogP contribution in [0.4, 0.5) is 0 Å². The van der Waals surface area contributed by atoms with Crippen LogP contribution in [0.3, 0.4) is 0 Å². The van der Waals surface area contributed by atoms with Gasteiger partial charge in [0.05, 0.1) is 19.1 Å². The van der Waals surface area contributed by atoms with Crippen molar-refractivity contribution in [1.29, 1.82) is 0 Å². The van der Waals surface area contributed by atoms with E-state index < -0.39 is 6.04 Å². The molecule has 1 aromatic carbocycles. The van der Waals surface area contributed by atoms with Crippen LogP contribution in [0.25, 0.3) is 0 Å². The van der Waals surface area contributed by atoms with Gasteiger partial charge in [-0.15, -0.1) is 0 Å². The highest BCUT2D eigenvalue weighted by Crippen LogP contribution is 2.07. The average Bonchev–Trinajstić information content (AvgIpc) is 2.68. The first-order chi connectivity index (χ1) is 8.69. The minimum atomic E-state index is -0.529. The number of amides is 2. The summed E-state index contributed by atoms with van der Waals surface area (Å²) in [5.41, 5.74) is 1.08. The monoisotopic (exact) mass is 248 g/mol. The maximum Gasteiger partial charge on any atom is 0.244 e. The zero-order chi connectivity index (χ0) is 13.0. The molecular weight excluding hydrogens is 232 g/mol. The number of imide groups is 1. The number of aliphatic hydroxyl groups is 1. The van der Waals surface area contributed by atoms with E-state index in [1.807, 2.05) is 30.3 Å². The summed E-state index contributed by atoms with van der Waals surface area (Å²) in [6.07, 6.45) is 0.763. The number of rotatable bonds is 5. The number of carbonyl (C=O) groups is 2. The van der Waals surface area contributed by atoms with Crippen LogP contribution >= 0.6 is 0 Å². The number of aliphatic hydroxyl groups excluding tert-OH is 1. The molecule has 1 aliphatic heterocycles. The molecular formula is C13H16N2O3. The molecule has 0 radical (unpaired) electrons. The van der Waals surface area contributed by atoms with Gasteiger partial charge in [0.1, 0.15) is 0 Å². The minimum absolute atomic E-state index is 0.0765. The Kier molecular flexibility index (Phi) is 4.07. The third-order valence-electron chi connectivity index (χ3n) is 2.95. The highest BCUT2D eigenvalue weighted by Gasteiger charge is 2.31. The third-order valence-corrected chi connectivity index (χ3v) is 2.95. The normalized spacial score (nSPS) is 20.8. The Morgan fingerprint density at radius 2 is 2.06 bits per heavy atom. The molecule has 1 fully saturated rings. The predicted molar refractivity (Wildman–Crippen MR) is 65.7 cm³/mol.